The molecule has 0 aliphatic heterocycles. The number of nitrogens with zero attached hydrogens (tertiary/aromatic N) is 1. The zero-order valence-corrected chi connectivity index (χ0v) is 13.6. The van der Waals surface area contributed by atoms with Crippen LogP contribution in [-0.4, -0.2) is 25.7 Å². The van der Waals surface area contributed by atoms with Gasteiger partial charge in [0.1, 0.15) is 5.78 Å². The van der Waals surface area contributed by atoms with Crippen molar-refractivity contribution in [3.63, 3.8) is 0 Å². The Bertz CT molecular complexity index is 645. The fourth-order valence-electron chi connectivity index (χ4n) is 1.66. The Kier molecular flexibility index (Phi) is 5.78. The van der Waals surface area contributed by atoms with E-state index in [2.05, 4.69) is 4.72 Å². The fourth-order valence-corrected chi connectivity index (χ4v) is 2.73. The molecule has 0 aromatic heterocycles. The second kappa shape index (κ2) is 6.97. The minimum atomic E-state index is -3.72. The summed E-state index contributed by atoms with van der Waals surface area (Å²) in [6.45, 7) is 5.59. The number of benzene rings is 1. The summed E-state index contributed by atoms with van der Waals surface area (Å²) in [6.07, 6.45) is 0.703. The lowest BCUT2D eigenvalue weighted by atomic mass is 9.88. The van der Waals surface area contributed by atoms with Crippen molar-refractivity contribution in [1.29, 1.82) is 0 Å². The Labute approximate surface area is 129 Å². The zero-order valence-electron chi connectivity index (χ0n) is 12.8. The summed E-state index contributed by atoms with van der Waals surface area (Å²) in [5.41, 5.74) is -0.605. The lowest BCUT2D eigenvalue weighted by molar-refractivity contribution is -0.384. The summed E-state index contributed by atoms with van der Waals surface area (Å²) in [5.74, 6) is 0.0713. The van der Waals surface area contributed by atoms with E-state index in [-0.39, 0.29) is 22.9 Å². The summed E-state index contributed by atoms with van der Waals surface area (Å²) in [7, 11) is -3.72. The van der Waals surface area contributed by atoms with E-state index in [1.807, 2.05) is 20.8 Å². The van der Waals surface area contributed by atoms with E-state index >= 15 is 0 Å². The van der Waals surface area contributed by atoms with E-state index in [4.69, 9.17) is 0 Å². The Morgan fingerprint density at radius 1 is 1.23 bits per heavy atom. The summed E-state index contributed by atoms with van der Waals surface area (Å²) in [4.78, 5) is 21.6. The van der Waals surface area contributed by atoms with Crippen LogP contribution in [0.25, 0.3) is 0 Å². The molecule has 0 aliphatic carbocycles. The number of nitro groups is 1. The Morgan fingerprint density at radius 3 is 2.23 bits per heavy atom. The number of Topliss-reactive ketones (excluding diaryl/α,β-unsaturated/α-hetero) is 1. The maximum atomic E-state index is 12.0. The molecule has 22 heavy (non-hydrogen) atoms. The Balaban J connectivity index is 2.58. The number of carbonyl (C=O) groups excluding carboxylic acids is 1. The predicted octanol–water partition coefficient (Wildman–Crippen LogP) is 2.27. The maximum absolute atomic E-state index is 12.0. The van der Waals surface area contributed by atoms with Crippen LogP contribution in [0.15, 0.2) is 29.2 Å². The lowest BCUT2D eigenvalue weighted by Gasteiger charge is -2.16. The highest BCUT2D eigenvalue weighted by atomic mass is 32.2. The number of ketones is 1. The number of sulfonamides is 1. The molecular formula is C14H20N2O5S. The van der Waals surface area contributed by atoms with Gasteiger partial charge in [0.2, 0.25) is 10.0 Å². The largest absolute Gasteiger partial charge is 0.299 e. The number of non-ortho nitro benzene ring substituents is 1. The van der Waals surface area contributed by atoms with Crippen LogP contribution in [0, 0.1) is 15.5 Å². The summed E-state index contributed by atoms with van der Waals surface area (Å²) in [6, 6.07) is 4.64. The smallest absolute Gasteiger partial charge is 0.269 e. The van der Waals surface area contributed by atoms with Gasteiger partial charge in [-0.05, 0) is 18.6 Å². The zero-order chi connectivity index (χ0) is 17.0. The van der Waals surface area contributed by atoms with Gasteiger partial charge in [-0.1, -0.05) is 20.8 Å². The highest BCUT2D eigenvalue weighted by molar-refractivity contribution is 7.89. The van der Waals surface area contributed by atoms with Gasteiger partial charge >= 0.3 is 0 Å². The van der Waals surface area contributed by atoms with Crippen LogP contribution in [0.1, 0.15) is 33.6 Å². The van der Waals surface area contributed by atoms with Gasteiger partial charge in [0, 0.05) is 30.5 Å². The molecule has 0 unspecified atom stereocenters. The van der Waals surface area contributed by atoms with Gasteiger partial charge in [0.25, 0.3) is 5.69 Å². The van der Waals surface area contributed by atoms with E-state index in [0.717, 1.165) is 12.1 Å². The Hall–Kier alpha value is -1.80. The van der Waals surface area contributed by atoms with Gasteiger partial charge in [-0.25, -0.2) is 13.1 Å². The quantitative estimate of drug-likeness (QED) is 0.469. The molecule has 1 aromatic rings. The van der Waals surface area contributed by atoms with Crippen molar-refractivity contribution in [3.8, 4) is 0 Å². The van der Waals surface area contributed by atoms with Crippen LogP contribution >= 0.6 is 0 Å². The molecule has 122 valence electrons. The number of rotatable bonds is 7. The van der Waals surface area contributed by atoms with Crippen molar-refractivity contribution in [1.82, 2.24) is 4.72 Å². The third kappa shape index (κ3) is 5.19. The minimum Gasteiger partial charge on any atom is -0.299 e. The average Bonchev–Trinajstić information content (AvgIpc) is 2.42. The molecule has 7 nitrogen and oxygen atoms in total. The van der Waals surface area contributed by atoms with E-state index < -0.39 is 20.4 Å². The predicted molar refractivity (Wildman–Crippen MR) is 82.0 cm³/mol. The van der Waals surface area contributed by atoms with Gasteiger partial charge in [-0.2, -0.15) is 0 Å². The van der Waals surface area contributed by atoms with Crippen molar-refractivity contribution in [2.75, 3.05) is 6.54 Å². The molecule has 8 heteroatoms. The van der Waals surface area contributed by atoms with Crippen molar-refractivity contribution >= 4 is 21.5 Å². The first kappa shape index (κ1) is 18.2. The molecule has 0 radical (unpaired) electrons. The normalized spacial score (nSPS) is 12.1. The first-order valence-corrected chi connectivity index (χ1v) is 8.30. The van der Waals surface area contributed by atoms with Crippen LogP contribution < -0.4 is 4.72 Å². The average molecular weight is 328 g/mol. The minimum absolute atomic E-state index is 0.0414. The molecule has 1 rings (SSSR count). The monoisotopic (exact) mass is 328 g/mol. The first-order chi connectivity index (χ1) is 10.0. The van der Waals surface area contributed by atoms with E-state index in [9.17, 15) is 23.3 Å². The van der Waals surface area contributed by atoms with E-state index in [1.54, 1.807) is 0 Å². The standard InChI is InChI=1S/C14H20N2O5S/c1-14(2,3)13(17)5-4-10-15-22(20,21)12-8-6-11(7-9-12)16(18)19/h6-9,15H,4-5,10H2,1-3H3. The van der Waals surface area contributed by atoms with Crippen LogP contribution in [-0.2, 0) is 14.8 Å². The molecule has 1 N–H and O–H groups in total. The van der Waals surface area contributed by atoms with Gasteiger partial charge < -0.3 is 0 Å². The van der Waals surface area contributed by atoms with E-state index in [1.165, 1.54) is 12.1 Å². The maximum Gasteiger partial charge on any atom is 0.269 e. The first-order valence-electron chi connectivity index (χ1n) is 6.81. The van der Waals surface area contributed by atoms with Crippen molar-refractivity contribution in [2.24, 2.45) is 5.41 Å². The van der Waals surface area contributed by atoms with Crippen LogP contribution in [0.3, 0.4) is 0 Å². The highest BCUT2D eigenvalue weighted by Crippen LogP contribution is 2.18. The van der Waals surface area contributed by atoms with Crippen LogP contribution in [0.4, 0.5) is 5.69 Å². The molecule has 0 aliphatic rings. The SMILES string of the molecule is CC(C)(C)C(=O)CCCNS(=O)(=O)c1ccc([N+](=O)[O-])cc1. The number of nitrogens with one attached hydrogen (secondary N) is 1. The van der Waals surface area contributed by atoms with Crippen molar-refractivity contribution in [2.45, 2.75) is 38.5 Å². The van der Waals surface area contributed by atoms with Gasteiger partial charge in [0.15, 0.2) is 0 Å². The van der Waals surface area contributed by atoms with Crippen molar-refractivity contribution in [3.05, 3.63) is 34.4 Å². The van der Waals surface area contributed by atoms with Crippen molar-refractivity contribution < 1.29 is 18.1 Å². The Morgan fingerprint density at radius 2 is 1.77 bits per heavy atom. The molecule has 0 spiro atoms. The molecule has 0 saturated carbocycles. The molecule has 0 bridgehead atoms. The highest BCUT2D eigenvalue weighted by Gasteiger charge is 2.21. The third-order valence-corrected chi connectivity index (χ3v) is 4.54. The number of carbonyl (C=O) groups is 1. The molecule has 0 amide bonds. The molecule has 0 heterocycles. The topological polar surface area (TPSA) is 106 Å². The number of hydrogen-bond donors (Lipinski definition) is 1. The van der Waals surface area contributed by atoms with E-state index in [0.29, 0.717) is 12.8 Å². The van der Waals surface area contributed by atoms with Crippen LogP contribution in [0.2, 0.25) is 0 Å². The van der Waals surface area contributed by atoms with Gasteiger partial charge in [-0.3, -0.25) is 14.9 Å². The lowest BCUT2D eigenvalue weighted by Crippen LogP contribution is -2.26. The summed E-state index contributed by atoms with van der Waals surface area (Å²) >= 11 is 0. The fraction of sp³-hybridized carbons (Fsp3) is 0.500. The molecule has 1 aromatic carbocycles. The van der Waals surface area contributed by atoms with Crippen LogP contribution in [0.5, 0.6) is 0 Å². The molecule has 0 saturated heterocycles. The molecule has 0 atom stereocenters. The summed E-state index contributed by atoms with van der Waals surface area (Å²) in [5, 5.41) is 10.5. The van der Waals surface area contributed by atoms with Gasteiger partial charge in [-0.15, -0.1) is 0 Å². The second-order valence-electron chi connectivity index (χ2n) is 5.93. The molecule has 0 fully saturated rings. The number of nitro benzene ring substituents is 1. The molecular weight excluding hydrogens is 308 g/mol. The summed E-state index contributed by atoms with van der Waals surface area (Å²) < 4.78 is 26.4. The number of hydrogen-bond acceptors (Lipinski definition) is 5. The third-order valence-electron chi connectivity index (χ3n) is 3.07. The second-order valence-corrected chi connectivity index (χ2v) is 7.69. The van der Waals surface area contributed by atoms with Gasteiger partial charge in [0.05, 0.1) is 9.82 Å².